The molecule has 1 saturated heterocycles. The van der Waals surface area contributed by atoms with Crippen molar-refractivity contribution in [3.8, 4) is 0 Å². The first-order chi connectivity index (χ1) is 17.0. The second-order valence-corrected chi connectivity index (χ2v) is 10.3. The van der Waals surface area contributed by atoms with E-state index in [1.165, 1.54) is 6.08 Å². The van der Waals surface area contributed by atoms with Crippen LogP contribution in [0.3, 0.4) is 0 Å². The van der Waals surface area contributed by atoms with Gasteiger partial charge >= 0.3 is 6.09 Å². The number of rotatable bonds is 9. The number of aromatic nitrogens is 2. The maximum absolute atomic E-state index is 11.9. The van der Waals surface area contributed by atoms with Crippen molar-refractivity contribution in [1.82, 2.24) is 10.2 Å². The number of carbonyl (C=O) groups excluding carboxylic acids is 1. The summed E-state index contributed by atoms with van der Waals surface area (Å²) in [6.07, 6.45) is 0.701. The average Bonchev–Trinajstić information content (AvgIpc) is 3.31. The summed E-state index contributed by atoms with van der Waals surface area (Å²) in [6, 6.07) is 15.1. The number of amides is 1. The maximum atomic E-state index is 11.9. The minimum absolute atomic E-state index is 0.00685. The number of anilines is 1. The normalized spacial score (nSPS) is 19.8. The van der Waals surface area contributed by atoms with Gasteiger partial charge in [0.15, 0.2) is 10.6 Å². The Morgan fingerprint density at radius 2 is 2.09 bits per heavy atom. The number of benzene rings is 2. The van der Waals surface area contributed by atoms with Crippen molar-refractivity contribution in [2.45, 2.75) is 42.8 Å². The molecular weight excluding hydrogens is 486 g/mol. The molecule has 2 aromatic carbocycles. The molecule has 0 spiro atoms. The first-order valence-electron chi connectivity index (χ1n) is 11.1. The van der Waals surface area contributed by atoms with Gasteiger partial charge in [-0.05, 0) is 30.2 Å². The van der Waals surface area contributed by atoms with Crippen LogP contribution < -0.4 is 5.32 Å². The van der Waals surface area contributed by atoms with E-state index in [2.05, 4.69) is 22.1 Å². The highest BCUT2D eigenvalue weighted by molar-refractivity contribution is 8.01. The van der Waals surface area contributed by atoms with Gasteiger partial charge in [0.05, 0.1) is 18.8 Å². The quantitative estimate of drug-likeness (QED) is 0.289. The average molecular weight is 514 g/mol. The summed E-state index contributed by atoms with van der Waals surface area (Å²) in [6.45, 7) is 5.60. The van der Waals surface area contributed by atoms with Crippen molar-refractivity contribution in [1.29, 1.82) is 0 Å². The first-order valence-corrected chi connectivity index (χ1v) is 12.9. The highest BCUT2D eigenvalue weighted by Crippen LogP contribution is 2.40. The molecule has 2 heterocycles. The molecule has 0 saturated carbocycles. The number of ether oxygens (including phenoxy) is 3. The molecule has 1 amide bonds. The lowest BCUT2D eigenvalue weighted by molar-refractivity contribution is -0.245. The van der Waals surface area contributed by atoms with E-state index in [9.17, 15) is 9.90 Å². The number of nitrogens with one attached hydrogen (secondary N) is 1. The Balaban J connectivity index is 1.51. The van der Waals surface area contributed by atoms with Crippen molar-refractivity contribution >= 4 is 34.9 Å². The van der Waals surface area contributed by atoms with Gasteiger partial charge in [0.2, 0.25) is 0 Å². The number of hydrogen-bond acceptors (Lipinski definition) is 9. The molecule has 0 bridgehead atoms. The van der Waals surface area contributed by atoms with Crippen LogP contribution in [0.4, 0.5) is 10.5 Å². The van der Waals surface area contributed by atoms with Gasteiger partial charge in [0.1, 0.15) is 11.6 Å². The monoisotopic (exact) mass is 513 g/mol. The van der Waals surface area contributed by atoms with Crippen molar-refractivity contribution in [3.05, 3.63) is 82.9 Å². The van der Waals surface area contributed by atoms with Crippen molar-refractivity contribution < 1.29 is 24.1 Å². The summed E-state index contributed by atoms with van der Waals surface area (Å²) in [5.41, 5.74) is 3.22. The number of aliphatic hydroxyl groups excluding tert-OH is 1. The van der Waals surface area contributed by atoms with Crippen molar-refractivity contribution in [2.24, 2.45) is 0 Å². The number of nitrogens with zero attached hydrogens (tertiary/aromatic N) is 2. The van der Waals surface area contributed by atoms with Crippen LogP contribution in [0, 0.1) is 6.92 Å². The predicted octanol–water partition coefficient (Wildman–Crippen LogP) is 5.41. The van der Waals surface area contributed by atoms with E-state index in [1.54, 1.807) is 29.2 Å². The number of hydrogen-bond donors (Lipinski definition) is 2. The van der Waals surface area contributed by atoms with Crippen LogP contribution in [-0.4, -0.2) is 39.9 Å². The molecule has 0 aliphatic carbocycles. The molecule has 4 rings (SSSR count). The molecule has 10 heteroatoms. The number of thioether (sulfide) groups is 1. The highest BCUT2D eigenvalue weighted by Gasteiger charge is 2.32. The van der Waals surface area contributed by atoms with Gasteiger partial charge in [-0.25, -0.2) is 4.79 Å². The molecule has 0 radical (unpaired) electrons. The minimum atomic E-state index is -0.626. The third-order valence-electron chi connectivity index (χ3n) is 5.25. The van der Waals surface area contributed by atoms with Crippen LogP contribution in [-0.2, 0) is 20.8 Å². The predicted molar refractivity (Wildman–Crippen MR) is 135 cm³/mol. The summed E-state index contributed by atoms with van der Waals surface area (Å²) in [4.78, 5) is 11.9. The second kappa shape index (κ2) is 12.3. The molecule has 0 unspecified atom stereocenters. The van der Waals surface area contributed by atoms with E-state index >= 15 is 0 Å². The molecular formula is C25H27N3O5S2. The van der Waals surface area contributed by atoms with Crippen LogP contribution in [0.5, 0.6) is 0 Å². The van der Waals surface area contributed by atoms with Crippen LogP contribution >= 0.6 is 23.1 Å². The van der Waals surface area contributed by atoms with Gasteiger partial charge in [0.25, 0.3) is 0 Å². The van der Waals surface area contributed by atoms with E-state index in [0.29, 0.717) is 17.9 Å². The fraction of sp³-hybridized carbons (Fsp3) is 0.320. The first kappa shape index (κ1) is 25.3. The Labute approximate surface area is 212 Å². The molecule has 1 aromatic heterocycles. The number of aryl methyl sites for hydroxylation is 1. The molecule has 1 aliphatic heterocycles. The van der Waals surface area contributed by atoms with E-state index in [-0.39, 0.29) is 25.4 Å². The highest BCUT2D eigenvalue weighted by atomic mass is 32.2. The molecule has 8 nitrogen and oxygen atoms in total. The van der Waals surface area contributed by atoms with Crippen LogP contribution in [0.25, 0.3) is 0 Å². The third-order valence-corrected chi connectivity index (χ3v) is 7.36. The molecule has 3 aromatic rings. The standard InChI is InChI=1S/C25H27N3O5S2/c1-3-11-31-24(30)26-20-6-4-5-19(12-20)23-32-21(15-34-25-28-27-16(2)35-25)13-22(33-23)18-9-7-17(14-29)8-10-18/h3-10,12,21-23,29H,1,11,13-15H2,2H3,(H,26,30)/t21-,22+,23+/m1/s1. The SMILES string of the molecule is C=CCOC(=O)Nc1cccc([C@H]2O[C@@H](CSc3nnc(C)s3)C[C@@H](c3ccc(CO)cc3)O2)c1. The van der Waals surface area contributed by atoms with Crippen LogP contribution in [0.1, 0.15) is 40.5 Å². The lowest BCUT2D eigenvalue weighted by atomic mass is 10.0. The number of carbonyl (C=O) groups is 1. The molecule has 1 aliphatic rings. The maximum Gasteiger partial charge on any atom is 0.411 e. The third kappa shape index (κ3) is 7.12. The van der Waals surface area contributed by atoms with Gasteiger partial charge < -0.3 is 19.3 Å². The number of aliphatic hydroxyl groups is 1. The lowest BCUT2D eigenvalue weighted by Crippen LogP contribution is -2.31. The fourth-order valence-corrected chi connectivity index (χ4v) is 5.43. The van der Waals surface area contributed by atoms with E-state index < -0.39 is 12.4 Å². The summed E-state index contributed by atoms with van der Waals surface area (Å²) in [5.74, 6) is 0.700. The minimum Gasteiger partial charge on any atom is -0.445 e. The Morgan fingerprint density at radius 1 is 1.26 bits per heavy atom. The fourth-order valence-electron chi connectivity index (χ4n) is 3.58. The topological polar surface area (TPSA) is 103 Å². The Morgan fingerprint density at radius 3 is 2.80 bits per heavy atom. The van der Waals surface area contributed by atoms with E-state index in [1.807, 2.05) is 49.4 Å². The largest absolute Gasteiger partial charge is 0.445 e. The van der Waals surface area contributed by atoms with Gasteiger partial charge in [-0.2, -0.15) is 0 Å². The zero-order chi connectivity index (χ0) is 24.6. The summed E-state index contributed by atoms with van der Waals surface area (Å²) in [5, 5.41) is 21.3. The molecule has 3 atom stereocenters. The second-order valence-electron chi connectivity index (χ2n) is 7.89. The Kier molecular flexibility index (Phi) is 8.89. The molecule has 2 N–H and O–H groups in total. The molecule has 1 fully saturated rings. The van der Waals surface area contributed by atoms with Gasteiger partial charge in [-0.15, -0.1) is 10.2 Å². The van der Waals surface area contributed by atoms with Gasteiger partial charge in [-0.1, -0.05) is 72.2 Å². The molecule has 184 valence electrons. The zero-order valence-corrected chi connectivity index (χ0v) is 20.9. The van der Waals surface area contributed by atoms with Crippen LogP contribution in [0.2, 0.25) is 0 Å². The lowest BCUT2D eigenvalue weighted by Gasteiger charge is -2.36. The Bertz CT molecular complexity index is 1140. The van der Waals surface area contributed by atoms with Crippen LogP contribution in [0.15, 0.2) is 65.5 Å². The summed E-state index contributed by atoms with van der Waals surface area (Å²) >= 11 is 3.18. The summed E-state index contributed by atoms with van der Waals surface area (Å²) < 4.78 is 18.6. The van der Waals surface area contributed by atoms with Gasteiger partial charge in [0, 0.05) is 23.4 Å². The zero-order valence-electron chi connectivity index (χ0n) is 19.3. The van der Waals surface area contributed by atoms with E-state index in [0.717, 1.165) is 26.0 Å². The van der Waals surface area contributed by atoms with Crippen molar-refractivity contribution in [2.75, 3.05) is 17.7 Å². The van der Waals surface area contributed by atoms with Crippen molar-refractivity contribution in [3.63, 3.8) is 0 Å². The summed E-state index contributed by atoms with van der Waals surface area (Å²) in [7, 11) is 0. The van der Waals surface area contributed by atoms with E-state index in [4.69, 9.17) is 14.2 Å². The van der Waals surface area contributed by atoms with Gasteiger partial charge in [-0.3, -0.25) is 5.32 Å². The Hall–Kier alpha value is -2.76. The molecule has 35 heavy (non-hydrogen) atoms. The smallest absolute Gasteiger partial charge is 0.411 e.